The highest BCUT2D eigenvalue weighted by molar-refractivity contribution is 6.18. The molecular formula is C92H72N4O8+4. The lowest BCUT2D eigenvalue weighted by atomic mass is 9.99. The van der Waals surface area contributed by atoms with Crippen LogP contribution in [0.4, 0.5) is 0 Å². The number of para-hydroxylation sites is 4. The molecule has 0 N–H and O–H groups in total. The number of hydrogen-bond acceptors (Lipinski definition) is 8. The van der Waals surface area contributed by atoms with Crippen molar-refractivity contribution in [3.8, 4) is 56.2 Å². The Kier molecular flexibility index (Phi) is 15.1. The van der Waals surface area contributed by atoms with Crippen LogP contribution in [0.5, 0.6) is 0 Å². The van der Waals surface area contributed by atoms with Crippen molar-refractivity contribution < 1.29 is 53.6 Å². The Labute approximate surface area is 597 Å². The highest BCUT2D eigenvalue weighted by Crippen LogP contribution is 2.45. The topological polar surface area (TPSA) is 121 Å². The number of fused-ring (bicyclic) bond motifs is 20. The van der Waals surface area contributed by atoms with E-state index in [1.807, 2.05) is 109 Å². The number of furan rings is 8. The van der Waals surface area contributed by atoms with Gasteiger partial charge in [-0.2, -0.15) is 0 Å². The summed E-state index contributed by atoms with van der Waals surface area (Å²) in [5, 5.41) is 8.16. The molecule has 12 heterocycles. The monoisotopic (exact) mass is 1360 g/mol. The van der Waals surface area contributed by atoms with Gasteiger partial charge in [0.05, 0.1) is 65.3 Å². The lowest BCUT2D eigenvalue weighted by Crippen LogP contribution is -2.30. The maximum Gasteiger partial charge on any atom is 0.216 e. The van der Waals surface area contributed by atoms with E-state index in [2.05, 4.69) is 234 Å². The van der Waals surface area contributed by atoms with Crippen LogP contribution in [0.15, 0.2) is 291 Å². The summed E-state index contributed by atoms with van der Waals surface area (Å²) in [6.07, 6.45) is 8.35. The molecule has 9 aromatic carbocycles. The molecule has 0 aliphatic carbocycles. The standard InChI is InChI=1S/C27H20NO2.2C22H18NO2.C21H16NO2/c1-17-12-13-21-25(30-26-20-10-6-7-11-23(20)29-27(21)26)24(17)22-16-19(14-15-28(22)2)18-8-4-3-5-9-18;1-13-8-9-23(3)18(10-13)16-12-20-17(11-14(16)2)22-21(25-20)15-6-4-5-7-19(15)24-22;1-13-10-11-23(3)17(12-13)19-14(2)8-9-16-20(19)25-21-15-6-4-5-7-18(15)24-22(16)21;1-13-11-16-19(12-15(13)17-8-5-6-10-22(17)2)24-20-14-7-3-4-9-18(14)23-21(16)20/h3-16H,1-2H3;2*4-12H,1-3H3;3-12H,1-2H3/q4*+1. The molecule has 504 valence electrons. The normalized spacial score (nSPS) is 11.8. The van der Waals surface area contributed by atoms with Crippen LogP contribution < -0.4 is 18.3 Å². The zero-order chi connectivity index (χ0) is 70.8. The molecular weight excluding hydrogens is 1290 g/mol. The second kappa shape index (κ2) is 24.9. The first kappa shape index (κ1) is 63.1. The van der Waals surface area contributed by atoms with Gasteiger partial charge in [0, 0.05) is 48.5 Å². The second-order valence-corrected chi connectivity index (χ2v) is 27.4. The summed E-state index contributed by atoms with van der Waals surface area (Å²) in [6.45, 7) is 12.7. The predicted octanol–water partition coefficient (Wildman–Crippen LogP) is 22.8. The Balaban J connectivity index is 0.0000000992. The van der Waals surface area contributed by atoms with Gasteiger partial charge in [-0.15, -0.1) is 0 Å². The molecule has 0 saturated carbocycles. The average Bonchev–Trinajstić information content (AvgIpc) is 1.60. The molecule has 0 fully saturated rings. The molecule has 21 aromatic rings. The van der Waals surface area contributed by atoms with Gasteiger partial charge in [0.15, 0.2) is 80.6 Å². The summed E-state index contributed by atoms with van der Waals surface area (Å²) < 4.78 is 58.1. The van der Waals surface area contributed by atoms with E-state index in [0.29, 0.717) is 0 Å². The van der Waals surface area contributed by atoms with E-state index < -0.39 is 0 Å². The smallest absolute Gasteiger partial charge is 0.216 e. The molecule has 0 radical (unpaired) electrons. The first-order valence-corrected chi connectivity index (χ1v) is 35.0. The maximum absolute atomic E-state index is 6.47. The summed E-state index contributed by atoms with van der Waals surface area (Å²) in [6, 6.07) is 78.8. The van der Waals surface area contributed by atoms with Crippen LogP contribution in [0.1, 0.15) is 33.4 Å². The van der Waals surface area contributed by atoms with Crippen molar-refractivity contribution in [1.82, 2.24) is 0 Å². The Morgan fingerprint density at radius 3 is 1.04 bits per heavy atom. The fourth-order valence-electron chi connectivity index (χ4n) is 14.9. The molecule has 0 spiro atoms. The highest BCUT2D eigenvalue weighted by atomic mass is 16.4. The average molecular weight is 1360 g/mol. The Hall–Kier alpha value is -13.1. The summed E-state index contributed by atoms with van der Waals surface area (Å²) >= 11 is 0. The molecule has 12 aromatic heterocycles. The Bertz CT molecular complexity index is 7000. The molecule has 21 rings (SSSR count). The molecule has 0 aliphatic rings. The van der Waals surface area contributed by atoms with Crippen molar-refractivity contribution in [2.24, 2.45) is 28.2 Å². The maximum atomic E-state index is 6.47. The number of hydrogen-bond donors (Lipinski definition) is 0. The van der Waals surface area contributed by atoms with E-state index >= 15 is 0 Å². The Morgan fingerprint density at radius 1 is 0.212 bits per heavy atom. The molecule has 0 saturated heterocycles. The molecule has 104 heavy (non-hydrogen) atoms. The zero-order valence-electron chi connectivity index (χ0n) is 59.3. The van der Waals surface area contributed by atoms with E-state index in [-0.39, 0.29) is 0 Å². The van der Waals surface area contributed by atoms with Crippen LogP contribution in [-0.4, -0.2) is 0 Å². The van der Waals surface area contributed by atoms with Crippen molar-refractivity contribution in [2.45, 2.75) is 41.5 Å². The summed E-state index contributed by atoms with van der Waals surface area (Å²) in [5.41, 5.74) is 32.3. The molecule has 0 aliphatic heterocycles. The van der Waals surface area contributed by atoms with Crippen molar-refractivity contribution in [3.63, 3.8) is 0 Å². The number of pyridine rings is 4. The van der Waals surface area contributed by atoms with Crippen LogP contribution in [0.3, 0.4) is 0 Å². The minimum Gasteiger partial charge on any atom is -0.452 e. The van der Waals surface area contributed by atoms with E-state index in [9.17, 15) is 0 Å². The van der Waals surface area contributed by atoms with Crippen molar-refractivity contribution in [2.75, 3.05) is 0 Å². The van der Waals surface area contributed by atoms with Gasteiger partial charge in [-0.25, -0.2) is 18.3 Å². The third kappa shape index (κ3) is 10.6. The predicted molar refractivity (Wildman–Crippen MR) is 414 cm³/mol. The van der Waals surface area contributed by atoms with E-state index in [1.54, 1.807) is 0 Å². The van der Waals surface area contributed by atoms with Crippen molar-refractivity contribution in [3.05, 3.63) is 289 Å². The first-order chi connectivity index (χ1) is 50.7. The lowest BCUT2D eigenvalue weighted by Gasteiger charge is -2.08. The van der Waals surface area contributed by atoms with Crippen LogP contribution in [-0.2, 0) is 28.2 Å². The van der Waals surface area contributed by atoms with Crippen LogP contribution in [0.25, 0.3) is 189 Å². The largest absolute Gasteiger partial charge is 0.452 e. The van der Waals surface area contributed by atoms with Crippen LogP contribution in [0.2, 0.25) is 0 Å². The summed E-state index contributed by atoms with van der Waals surface area (Å²) in [4.78, 5) is 0. The van der Waals surface area contributed by atoms with Crippen molar-refractivity contribution >= 4 is 132 Å². The van der Waals surface area contributed by atoms with Crippen LogP contribution in [0, 0.1) is 41.5 Å². The minimum absolute atomic E-state index is 0.814. The fourth-order valence-corrected chi connectivity index (χ4v) is 14.9. The van der Waals surface area contributed by atoms with Gasteiger partial charge in [0.25, 0.3) is 0 Å². The summed E-state index contributed by atoms with van der Waals surface area (Å²) in [5.74, 6) is 0. The third-order valence-corrected chi connectivity index (χ3v) is 20.4. The fraction of sp³-hybridized carbons (Fsp3) is 0.109. The van der Waals surface area contributed by atoms with Crippen molar-refractivity contribution in [1.29, 1.82) is 0 Å². The second-order valence-electron chi connectivity index (χ2n) is 27.4. The van der Waals surface area contributed by atoms with Gasteiger partial charge in [-0.1, -0.05) is 91.0 Å². The van der Waals surface area contributed by atoms with Gasteiger partial charge in [-0.3, -0.25) is 0 Å². The number of rotatable bonds is 5. The highest BCUT2D eigenvalue weighted by Gasteiger charge is 2.28. The molecule has 0 amide bonds. The SMILES string of the molecule is Cc1cc2c(cc1-c1cccc[n+]1C)oc1c3ccccc3oc21.Cc1cc[n+](C)c(-c2c(C)ccc3c2oc2c4ccccc4oc32)c1.Cc1cc[n+](C)c(-c2cc3oc4c5ccccc5oc4c3cc2C)c1.Cc1ccc2c(oc3c4ccccc4oc23)c1-c1cc(-c2ccccc2)cc[n+]1C. The van der Waals surface area contributed by atoms with Gasteiger partial charge >= 0.3 is 0 Å². The number of benzene rings is 9. The first-order valence-electron chi connectivity index (χ1n) is 35.0. The summed E-state index contributed by atoms with van der Waals surface area (Å²) in [7, 11) is 8.26. The minimum atomic E-state index is 0.814. The van der Waals surface area contributed by atoms with E-state index in [0.717, 1.165) is 161 Å². The zero-order valence-corrected chi connectivity index (χ0v) is 59.3. The molecule has 0 atom stereocenters. The molecule has 12 heteroatoms. The van der Waals surface area contributed by atoms with E-state index in [4.69, 9.17) is 35.3 Å². The molecule has 0 bridgehead atoms. The van der Waals surface area contributed by atoms with E-state index in [1.165, 1.54) is 61.3 Å². The Morgan fingerprint density at radius 2 is 0.567 bits per heavy atom. The molecule has 12 nitrogen and oxygen atoms in total. The van der Waals surface area contributed by atoms with Gasteiger partial charge in [0.1, 0.15) is 61.7 Å². The quantitative estimate of drug-likeness (QED) is 0.156. The molecule has 0 unspecified atom stereocenters. The number of aromatic nitrogens is 4. The third-order valence-electron chi connectivity index (χ3n) is 20.4. The van der Waals surface area contributed by atoms with Gasteiger partial charge < -0.3 is 35.3 Å². The number of aryl methyl sites for hydroxylation is 10. The lowest BCUT2D eigenvalue weighted by molar-refractivity contribution is -0.660. The van der Waals surface area contributed by atoms with Gasteiger partial charge in [0.2, 0.25) is 22.8 Å². The number of nitrogens with zero attached hydrogens (tertiary/aromatic N) is 4. The van der Waals surface area contributed by atoms with Crippen LogP contribution >= 0.6 is 0 Å². The van der Waals surface area contributed by atoms with Gasteiger partial charge in [-0.05, 0) is 177 Å².